The molecule has 0 amide bonds. The molecular weight excluding hydrogens is 258 g/mol. The first-order valence-electron chi connectivity index (χ1n) is 5.77. The van der Waals surface area contributed by atoms with E-state index in [4.69, 9.17) is 11.6 Å². The second kappa shape index (κ2) is 7.13. The molecule has 1 atom stereocenters. The first-order valence-corrected chi connectivity index (χ1v) is 7.87. The van der Waals surface area contributed by atoms with Crippen LogP contribution in [0.2, 0.25) is 5.02 Å². The maximum absolute atomic E-state index is 10.9. The van der Waals surface area contributed by atoms with Crippen LogP contribution in [0.4, 0.5) is 0 Å². The highest BCUT2D eigenvalue weighted by Crippen LogP contribution is 2.20. The Morgan fingerprint density at radius 2 is 2.24 bits per heavy atom. The van der Waals surface area contributed by atoms with Crippen LogP contribution in [0.25, 0.3) is 0 Å². The van der Waals surface area contributed by atoms with E-state index in [2.05, 4.69) is 10.4 Å². The highest BCUT2D eigenvalue weighted by Gasteiger charge is 2.11. The molecule has 6 heteroatoms. The van der Waals surface area contributed by atoms with Crippen molar-refractivity contribution in [3.63, 3.8) is 0 Å². The molecular formula is C11H20ClN3OS. The average Bonchev–Trinajstić information content (AvgIpc) is 2.54. The summed E-state index contributed by atoms with van der Waals surface area (Å²) >= 11 is 6.22. The standard InChI is InChI=1S/C11H20ClN3OS/c1-4-9-11(12)10(15(2)14-9)8-13-6-5-7-17(3)16/h13H,4-8H2,1-3H3. The number of nitrogens with one attached hydrogen (secondary N) is 1. The van der Waals surface area contributed by atoms with Crippen LogP contribution in [-0.4, -0.2) is 32.5 Å². The van der Waals surface area contributed by atoms with Gasteiger partial charge in [-0.15, -0.1) is 0 Å². The van der Waals surface area contributed by atoms with Crippen molar-refractivity contribution in [1.29, 1.82) is 0 Å². The monoisotopic (exact) mass is 277 g/mol. The van der Waals surface area contributed by atoms with Crippen LogP contribution in [0.3, 0.4) is 0 Å². The molecule has 0 saturated heterocycles. The number of rotatable bonds is 7. The summed E-state index contributed by atoms with van der Waals surface area (Å²) in [5.74, 6) is 0.742. The summed E-state index contributed by atoms with van der Waals surface area (Å²) < 4.78 is 12.7. The Balaban J connectivity index is 2.41. The molecule has 1 aromatic heterocycles. The van der Waals surface area contributed by atoms with Gasteiger partial charge >= 0.3 is 0 Å². The van der Waals surface area contributed by atoms with Crippen molar-refractivity contribution >= 4 is 22.4 Å². The SMILES string of the molecule is CCc1nn(C)c(CNCCCS(C)=O)c1Cl. The van der Waals surface area contributed by atoms with Crippen molar-refractivity contribution in [3.05, 3.63) is 16.4 Å². The summed E-state index contributed by atoms with van der Waals surface area (Å²) in [6.07, 6.45) is 3.49. The molecule has 0 aromatic carbocycles. The molecule has 4 nitrogen and oxygen atoms in total. The third-order valence-corrected chi connectivity index (χ3v) is 3.88. The Hall–Kier alpha value is -0.390. The zero-order valence-corrected chi connectivity index (χ0v) is 12.2. The van der Waals surface area contributed by atoms with Gasteiger partial charge in [-0.1, -0.05) is 18.5 Å². The maximum Gasteiger partial charge on any atom is 0.0863 e. The zero-order chi connectivity index (χ0) is 12.8. The third kappa shape index (κ3) is 4.41. The Kier molecular flexibility index (Phi) is 6.16. The molecule has 1 unspecified atom stereocenters. The Labute approximate surface area is 110 Å². The van der Waals surface area contributed by atoms with Gasteiger partial charge in [0.2, 0.25) is 0 Å². The Morgan fingerprint density at radius 1 is 1.53 bits per heavy atom. The molecule has 98 valence electrons. The van der Waals surface area contributed by atoms with Gasteiger partial charge in [0, 0.05) is 36.4 Å². The normalized spacial score (nSPS) is 12.9. The van der Waals surface area contributed by atoms with E-state index < -0.39 is 10.8 Å². The number of aromatic nitrogens is 2. The molecule has 0 aliphatic heterocycles. The summed E-state index contributed by atoms with van der Waals surface area (Å²) in [5.41, 5.74) is 1.96. The van der Waals surface area contributed by atoms with E-state index in [1.807, 2.05) is 18.7 Å². The van der Waals surface area contributed by atoms with Crippen LogP contribution in [0, 0.1) is 0 Å². The van der Waals surface area contributed by atoms with Gasteiger partial charge in [0.25, 0.3) is 0 Å². The highest BCUT2D eigenvalue weighted by atomic mass is 35.5. The lowest BCUT2D eigenvalue weighted by atomic mass is 10.3. The largest absolute Gasteiger partial charge is 0.311 e. The summed E-state index contributed by atoms with van der Waals surface area (Å²) in [6.45, 7) is 3.60. The van der Waals surface area contributed by atoms with Gasteiger partial charge in [-0.3, -0.25) is 8.89 Å². The molecule has 1 heterocycles. The molecule has 1 aromatic rings. The molecule has 0 bridgehead atoms. The predicted molar refractivity (Wildman–Crippen MR) is 72.9 cm³/mol. The van der Waals surface area contributed by atoms with E-state index in [0.717, 1.165) is 41.5 Å². The minimum Gasteiger partial charge on any atom is -0.311 e. The van der Waals surface area contributed by atoms with Gasteiger partial charge in [-0.2, -0.15) is 5.10 Å². The second-order valence-corrected chi connectivity index (χ2v) is 5.92. The second-order valence-electron chi connectivity index (χ2n) is 3.99. The average molecular weight is 278 g/mol. The van der Waals surface area contributed by atoms with Crippen LogP contribution < -0.4 is 5.32 Å². The van der Waals surface area contributed by atoms with Gasteiger partial charge in [0.1, 0.15) is 0 Å². The summed E-state index contributed by atoms with van der Waals surface area (Å²) in [4.78, 5) is 0. The van der Waals surface area contributed by atoms with Crippen molar-refractivity contribution < 1.29 is 4.21 Å². The van der Waals surface area contributed by atoms with E-state index in [9.17, 15) is 4.21 Å². The summed E-state index contributed by atoms with van der Waals surface area (Å²) in [7, 11) is 1.20. The molecule has 0 aliphatic carbocycles. The van der Waals surface area contributed by atoms with Gasteiger partial charge in [0.15, 0.2) is 0 Å². The number of hydrogen-bond acceptors (Lipinski definition) is 3. The fourth-order valence-electron chi connectivity index (χ4n) is 1.62. The molecule has 0 fully saturated rings. The Bertz CT molecular complexity index is 392. The van der Waals surface area contributed by atoms with Gasteiger partial charge in [-0.05, 0) is 19.4 Å². The minimum atomic E-state index is -0.703. The van der Waals surface area contributed by atoms with Crippen LogP contribution in [0.15, 0.2) is 0 Å². The van der Waals surface area contributed by atoms with Crippen LogP contribution in [0.1, 0.15) is 24.7 Å². The number of aryl methyl sites for hydroxylation is 2. The smallest absolute Gasteiger partial charge is 0.0863 e. The fraction of sp³-hybridized carbons (Fsp3) is 0.727. The predicted octanol–water partition coefficient (Wildman–Crippen LogP) is 1.49. The van der Waals surface area contributed by atoms with Crippen molar-refractivity contribution in [2.45, 2.75) is 26.3 Å². The number of nitrogens with zero attached hydrogens (tertiary/aromatic N) is 2. The minimum absolute atomic E-state index is 0.703. The van der Waals surface area contributed by atoms with Crippen LogP contribution in [-0.2, 0) is 30.8 Å². The topological polar surface area (TPSA) is 46.9 Å². The van der Waals surface area contributed by atoms with Crippen molar-refractivity contribution in [1.82, 2.24) is 15.1 Å². The zero-order valence-electron chi connectivity index (χ0n) is 10.6. The van der Waals surface area contributed by atoms with Crippen LogP contribution in [0.5, 0.6) is 0 Å². The first-order chi connectivity index (χ1) is 8.06. The number of halogens is 1. The van der Waals surface area contributed by atoms with Crippen LogP contribution >= 0.6 is 11.6 Å². The van der Waals surface area contributed by atoms with Gasteiger partial charge < -0.3 is 5.32 Å². The van der Waals surface area contributed by atoms with Crippen molar-refractivity contribution in [2.75, 3.05) is 18.6 Å². The molecule has 0 saturated carbocycles. The molecule has 0 radical (unpaired) electrons. The molecule has 1 rings (SSSR count). The molecule has 0 aliphatic rings. The lowest BCUT2D eigenvalue weighted by molar-refractivity contribution is 0.617. The molecule has 1 N–H and O–H groups in total. The van der Waals surface area contributed by atoms with E-state index in [-0.39, 0.29) is 0 Å². The lowest BCUT2D eigenvalue weighted by Crippen LogP contribution is -2.18. The van der Waals surface area contributed by atoms with Crippen molar-refractivity contribution in [2.24, 2.45) is 7.05 Å². The molecule has 0 spiro atoms. The highest BCUT2D eigenvalue weighted by molar-refractivity contribution is 7.84. The van der Waals surface area contributed by atoms with Gasteiger partial charge in [-0.25, -0.2) is 0 Å². The van der Waals surface area contributed by atoms with E-state index in [1.165, 1.54) is 0 Å². The maximum atomic E-state index is 10.9. The van der Waals surface area contributed by atoms with E-state index in [1.54, 1.807) is 6.26 Å². The summed E-state index contributed by atoms with van der Waals surface area (Å²) in [6, 6.07) is 0. The van der Waals surface area contributed by atoms with E-state index >= 15 is 0 Å². The summed E-state index contributed by atoms with van der Waals surface area (Å²) in [5, 5.41) is 8.41. The van der Waals surface area contributed by atoms with E-state index in [0.29, 0.717) is 6.54 Å². The Morgan fingerprint density at radius 3 is 2.76 bits per heavy atom. The fourth-order valence-corrected chi connectivity index (χ4v) is 2.53. The lowest BCUT2D eigenvalue weighted by Gasteiger charge is -2.05. The first kappa shape index (κ1) is 14.7. The quantitative estimate of drug-likeness (QED) is 0.769. The number of hydrogen-bond donors (Lipinski definition) is 1. The van der Waals surface area contributed by atoms with Gasteiger partial charge in [0.05, 0.1) is 16.4 Å². The molecule has 17 heavy (non-hydrogen) atoms. The van der Waals surface area contributed by atoms with Crippen molar-refractivity contribution in [3.8, 4) is 0 Å². The third-order valence-electron chi connectivity index (χ3n) is 2.58.